The standard InChI is InChI=1S/C16H25ClN4O/c1-19(2)16(22)18-12-15(13-4-6-14(17)7-5-13)21-10-8-20(3)9-11-21/h4-7,15H,8-12H2,1-3H3,(H,18,22). The van der Waals surface area contributed by atoms with E-state index in [1.54, 1.807) is 19.0 Å². The molecule has 1 aliphatic rings. The molecule has 1 heterocycles. The summed E-state index contributed by atoms with van der Waals surface area (Å²) < 4.78 is 0. The summed E-state index contributed by atoms with van der Waals surface area (Å²) in [6.45, 7) is 4.70. The molecule has 0 bridgehead atoms. The van der Waals surface area contributed by atoms with Crippen molar-refractivity contribution in [1.29, 1.82) is 0 Å². The minimum absolute atomic E-state index is 0.0620. The molecule has 2 rings (SSSR count). The number of carbonyl (C=O) groups is 1. The Kier molecular flexibility index (Phi) is 6.06. The van der Waals surface area contributed by atoms with E-state index in [-0.39, 0.29) is 12.1 Å². The zero-order valence-corrected chi connectivity index (χ0v) is 14.3. The first-order chi connectivity index (χ1) is 10.5. The molecule has 1 atom stereocenters. The Morgan fingerprint density at radius 3 is 2.36 bits per heavy atom. The number of hydrogen-bond acceptors (Lipinski definition) is 3. The van der Waals surface area contributed by atoms with E-state index in [4.69, 9.17) is 11.6 Å². The summed E-state index contributed by atoms with van der Waals surface area (Å²) in [4.78, 5) is 18.1. The van der Waals surface area contributed by atoms with Crippen LogP contribution in [0, 0.1) is 0 Å². The number of nitrogens with one attached hydrogen (secondary N) is 1. The molecular formula is C16H25ClN4O. The van der Waals surface area contributed by atoms with Crippen LogP contribution in [0.5, 0.6) is 0 Å². The lowest BCUT2D eigenvalue weighted by molar-refractivity contribution is 0.110. The van der Waals surface area contributed by atoms with E-state index in [1.165, 1.54) is 5.56 Å². The van der Waals surface area contributed by atoms with Crippen molar-refractivity contribution in [2.45, 2.75) is 6.04 Å². The van der Waals surface area contributed by atoms with Crippen LogP contribution in [0.4, 0.5) is 4.79 Å². The van der Waals surface area contributed by atoms with Crippen LogP contribution in [0.25, 0.3) is 0 Å². The lowest BCUT2D eigenvalue weighted by atomic mass is 10.0. The van der Waals surface area contributed by atoms with Crippen LogP contribution in [-0.2, 0) is 0 Å². The summed E-state index contributed by atoms with van der Waals surface area (Å²) in [5.41, 5.74) is 1.19. The summed E-state index contributed by atoms with van der Waals surface area (Å²) in [6.07, 6.45) is 0. The molecule has 1 fully saturated rings. The van der Waals surface area contributed by atoms with Crippen LogP contribution < -0.4 is 5.32 Å². The molecule has 1 aromatic rings. The number of hydrogen-bond donors (Lipinski definition) is 1. The lowest BCUT2D eigenvalue weighted by Crippen LogP contribution is -2.49. The highest BCUT2D eigenvalue weighted by Gasteiger charge is 2.24. The van der Waals surface area contributed by atoms with Gasteiger partial charge >= 0.3 is 6.03 Å². The van der Waals surface area contributed by atoms with E-state index in [0.29, 0.717) is 6.54 Å². The van der Waals surface area contributed by atoms with Crippen LogP contribution in [0.15, 0.2) is 24.3 Å². The third-order valence-electron chi connectivity index (χ3n) is 4.09. The second-order valence-electron chi connectivity index (χ2n) is 5.99. The van der Waals surface area contributed by atoms with E-state index in [0.717, 1.165) is 31.2 Å². The number of likely N-dealkylation sites (N-methyl/N-ethyl adjacent to an activating group) is 1. The molecule has 22 heavy (non-hydrogen) atoms. The second-order valence-corrected chi connectivity index (χ2v) is 6.42. The van der Waals surface area contributed by atoms with Crippen molar-refractivity contribution in [3.8, 4) is 0 Å². The van der Waals surface area contributed by atoms with Gasteiger partial charge in [0.25, 0.3) is 0 Å². The van der Waals surface area contributed by atoms with E-state index < -0.39 is 0 Å². The first-order valence-corrected chi connectivity index (χ1v) is 7.98. The van der Waals surface area contributed by atoms with Gasteiger partial charge in [0.1, 0.15) is 0 Å². The van der Waals surface area contributed by atoms with Crippen molar-refractivity contribution >= 4 is 17.6 Å². The summed E-state index contributed by atoms with van der Waals surface area (Å²) >= 11 is 5.99. The van der Waals surface area contributed by atoms with Gasteiger partial charge in [-0.15, -0.1) is 0 Å². The number of halogens is 1. The molecular weight excluding hydrogens is 300 g/mol. The number of nitrogens with zero attached hydrogens (tertiary/aromatic N) is 3. The Morgan fingerprint density at radius 1 is 1.23 bits per heavy atom. The van der Waals surface area contributed by atoms with Crippen LogP contribution in [-0.4, -0.2) is 74.6 Å². The molecule has 1 unspecified atom stereocenters. The average molecular weight is 325 g/mol. The predicted molar refractivity (Wildman–Crippen MR) is 90.3 cm³/mol. The number of amides is 2. The molecule has 1 N–H and O–H groups in total. The smallest absolute Gasteiger partial charge is 0.316 e. The maximum Gasteiger partial charge on any atom is 0.316 e. The van der Waals surface area contributed by atoms with Crippen molar-refractivity contribution < 1.29 is 4.79 Å². The highest BCUT2D eigenvalue weighted by molar-refractivity contribution is 6.30. The maximum atomic E-state index is 11.8. The van der Waals surface area contributed by atoms with Crippen molar-refractivity contribution in [1.82, 2.24) is 20.0 Å². The molecule has 2 amide bonds. The van der Waals surface area contributed by atoms with Crippen LogP contribution in [0.3, 0.4) is 0 Å². The van der Waals surface area contributed by atoms with Crippen molar-refractivity contribution in [2.24, 2.45) is 0 Å². The molecule has 1 aliphatic heterocycles. The van der Waals surface area contributed by atoms with Gasteiger partial charge in [0.15, 0.2) is 0 Å². The molecule has 0 aromatic heterocycles. The SMILES string of the molecule is CN1CCN(C(CNC(=O)N(C)C)c2ccc(Cl)cc2)CC1. The van der Waals surface area contributed by atoms with Crippen LogP contribution >= 0.6 is 11.6 Å². The Labute approximate surface area is 137 Å². The molecule has 0 aliphatic carbocycles. The molecule has 1 saturated heterocycles. The summed E-state index contributed by atoms with van der Waals surface area (Å²) in [6, 6.07) is 8.03. The fourth-order valence-electron chi connectivity index (χ4n) is 2.62. The van der Waals surface area contributed by atoms with Gasteiger partial charge in [0.05, 0.1) is 6.04 Å². The Morgan fingerprint density at radius 2 is 1.82 bits per heavy atom. The summed E-state index contributed by atoms with van der Waals surface area (Å²) in [7, 11) is 5.65. The van der Waals surface area contributed by atoms with E-state index >= 15 is 0 Å². The predicted octanol–water partition coefficient (Wildman–Crippen LogP) is 1.90. The number of piperazine rings is 1. The zero-order valence-electron chi connectivity index (χ0n) is 13.6. The van der Waals surface area contributed by atoms with Crippen molar-refractivity contribution in [2.75, 3.05) is 53.9 Å². The molecule has 6 heteroatoms. The highest BCUT2D eigenvalue weighted by atomic mass is 35.5. The van der Waals surface area contributed by atoms with Gasteiger partial charge in [-0.3, -0.25) is 4.90 Å². The number of rotatable bonds is 4. The Hall–Kier alpha value is -1.30. The summed E-state index contributed by atoms with van der Waals surface area (Å²) in [5, 5.41) is 3.74. The Bertz CT molecular complexity index is 483. The largest absolute Gasteiger partial charge is 0.336 e. The molecule has 1 aromatic carbocycles. The number of benzene rings is 1. The van der Waals surface area contributed by atoms with Gasteiger partial charge in [-0.25, -0.2) is 4.79 Å². The molecule has 5 nitrogen and oxygen atoms in total. The van der Waals surface area contributed by atoms with Gasteiger partial charge in [-0.2, -0.15) is 0 Å². The van der Waals surface area contributed by atoms with Crippen molar-refractivity contribution in [3.63, 3.8) is 0 Å². The van der Waals surface area contributed by atoms with Crippen LogP contribution in [0.2, 0.25) is 5.02 Å². The lowest BCUT2D eigenvalue weighted by Gasteiger charge is -2.38. The number of urea groups is 1. The highest BCUT2D eigenvalue weighted by Crippen LogP contribution is 2.23. The third kappa shape index (κ3) is 4.60. The second kappa shape index (κ2) is 7.81. The maximum absolute atomic E-state index is 11.8. The normalized spacial score (nSPS) is 18.0. The number of carbonyl (C=O) groups excluding carboxylic acids is 1. The van der Waals surface area contributed by atoms with Crippen molar-refractivity contribution in [3.05, 3.63) is 34.9 Å². The van der Waals surface area contributed by atoms with E-state index in [9.17, 15) is 4.79 Å². The van der Waals surface area contributed by atoms with Gasteiger partial charge in [-0.1, -0.05) is 23.7 Å². The fourth-order valence-corrected chi connectivity index (χ4v) is 2.74. The third-order valence-corrected chi connectivity index (χ3v) is 4.34. The van der Waals surface area contributed by atoms with E-state index in [2.05, 4.69) is 22.2 Å². The van der Waals surface area contributed by atoms with Gasteiger partial charge in [0.2, 0.25) is 0 Å². The summed E-state index contributed by atoms with van der Waals surface area (Å²) in [5.74, 6) is 0. The first kappa shape index (κ1) is 17.1. The quantitative estimate of drug-likeness (QED) is 0.919. The van der Waals surface area contributed by atoms with Gasteiger partial charge < -0.3 is 15.1 Å². The Balaban J connectivity index is 2.09. The van der Waals surface area contributed by atoms with E-state index in [1.807, 2.05) is 24.3 Å². The minimum atomic E-state index is -0.0620. The fraction of sp³-hybridized carbons (Fsp3) is 0.562. The van der Waals surface area contributed by atoms with Crippen LogP contribution in [0.1, 0.15) is 11.6 Å². The topological polar surface area (TPSA) is 38.8 Å². The molecule has 0 radical (unpaired) electrons. The zero-order chi connectivity index (χ0) is 16.1. The average Bonchev–Trinajstić information content (AvgIpc) is 2.50. The van der Waals surface area contributed by atoms with Gasteiger partial charge in [-0.05, 0) is 24.7 Å². The monoisotopic (exact) mass is 324 g/mol. The molecule has 0 saturated carbocycles. The molecule has 0 spiro atoms. The molecule has 122 valence electrons. The van der Waals surface area contributed by atoms with Gasteiger partial charge in [0, 0.05) is 51.8 Å². The first-order valence-electron chi connectivity index (χ1n) is 7.60. The minimum Gasteiger partial charge on any atom is -0.336 e.